The Morgan fingerprint density at radius 1 is 1.20 bits per heavy atom. The summed E-state index contributed by atoms with van der Waals surface area (Å²) in [6, 6.07) is 10.3. The van der Waals surface area contributed by atoms with Crippen molar-refractivity contribution in [3.05, 3.63) is 60.8 Å². The number of ether oxygens (including phenoxy) is 1. The average molecular weight is 504 g/mol. The van der Waals surface area contributed by atoms with Crippen molar-refractivity contribution in [3.8, 4) is 5.75 Å². The molecule has 0 saturated carbocycles. The molecule has 4 nitrogen and oxygen atoms in total. The molecule has 1 saturated heterocycles. The molecule has 1 heterocycles. The number of hydrogen-bond acceptors (Lipinski definition) is 4. The molecule has 25 heavy (non-hydrogen) atoms. The molecule has 1 aliphatic rings. The second kappa shape index (κ2) is 7.53. The van der Waals surface area contributed by atoms with Gasteiger partial charge in [0.05, 0.1) is 22.2 Å². The third kappa shape index (κ3) is 3.79. The normalized spacial score (nSPS) is 16.0. The van der Waals surface area contributed by atoms with E-state index in [-0.39, 0.29) is 5.24 Å². The fourth-order valence-electron chi connectivity index (χ4n) is 2.35. The fourth-order valence-corrected chi connectivity index (χ4v) is 4.79. The molecule has 1 fully saturated rings. The lowest BCUT2D eigenvalue weighted by atomic mass is 10.2. The number of nitrogens with zero attached hydrogens (tertiary/aromatic N) is 1. The largest absolute Gasteiger partial charge is 0.495 e. The summed E-state index contributed by atoms with van der Waals surface area (Å²) in [6.07, 6.45) is 1.64. The van der Waals surface area contributed by atoms with Gasteiger partial charge in [0.25, 0.3) is 11.1 Å². The Kier molecular flexibility index (Phi) is 5.58. The number of methoxy groups -OCH3 is 1. The highest BCUT2D eigenvalue weighted by molar-refractivity contribution is 9.11. The fraction of sp³-hybridized carbons (Fsp3) is 0.0588. The molecule has 2 amide bonds. The SMILES string of the molecule is COc1c(Br)cc(Br)cc1/C=C1\SC(=O)N(c2cccc(Cl)c2)C1=O. The molecule has 0 aliphatic carbocycles. The maximum absolute atomic E-state index is 12.7. The number of carbonyl (C=O) groups is 2. The van der Waals surface area contributed by atoms with Gasteiger partial charge < -0.3 is 4.74 Å². The molecule has 128 valence electrons. The summed E-state index contributed by atoms with van der Waals surface area (Å²) >= 11 is 13.7. The summed E-state index contributed by atoms with van der Waals surface area (Å²) in [5.74, 6) is 0.188. The zero-order chi connectivity index (χ0) is 18.1. The van der Waals surface area contributed by atoms with Crippen molar-refractivity contribution in [2.24, 2.45) is 0 Å². The molecule has 2 aromatic carbocycles. The van der Waals surface area contributed by atoms with E-state index in [4.69, 9.17) is 16.3 Å². The zero-order valence-electron chi connectivity index (χ0n) is 12.8. The van der Waals surface area contributed by atoms with Gasteiger partial charge in [-0.15, -0.1) is 0 Å². The Hall–Kier alpha value is -1.28. The van der Waals surface area contributed by atoms with Crippen LogP contribution in [0.2, 0.25) is 5.02 Å². The summed E-state index contributed by atoms with van der Waals surface area (Å²) in [4.78, 5) is 26.5. The van der Waals surface area contributed by atoms with Crippen molar-refractivity contribution in [2.45, 2.75) is 0 Å². The van der Waals surface area contributed by atoms with Crippen molar-refractivity contribution >= 4 is 78.1 Å². The van der Waals surface area contributed by atoms with Crippen molar-refractivity contribution in [2.75, 3.05) is 12.0 Å². The molecule has 0 aromatic heterocycles. The monoisotopic (exact) mass is 501 g/mol. The smallest absolute Gasteiger partial charge is 0.298 e. The predicted molar refractivity (Wildman–Crippen MR) is 108 cm³/mol. The maximum Gasteiger partial charge on any atom is 0.298 e. The Morgan fingerprint density at radius 3 is 2.64 bits per heavy atom. The summed E-state index contributed by atoms with van der Waals surface area (Å²) in [6.45, 7) is 0. The molecule has 0 bridgehead atoms. The number of anilines is 1. The first-order valence-electron chi connectivity index (χ1n) is 6.97. The van der Waals surface area contributed by atoms with E-state index in [0.717, 1.165) is 25.6 Å². The van der Waals surface area contributed by atoms with Crippen LogP contribution >= 0.6 is 55.2 Å². The first-order chi connectivity index (χ1) is 11.9. The topological polar surface area (TPSA) is 46.6 Å². The van der Waals surface area contributed by atoms with Crippen LogP contribution in [-0.4, -0.2) is 18.3 Å². The lowest BCUT2D eigenvalue weighted by molar-refractivity contribution is -0.113. The summed E-state index contributed by atoms with van der Waals surface area (Å²) < 4.78 is 6.94. The minimum atomic E-state index is -0.393. The molecule has 0 radical (unpaired) electrons. The quantitative estimate of drug-likeness (QED) is 0.474. The van der Waals surface area contributed by atoms with Crippen LogP contribution in [0.15, 0.2) is 50.2 Å². The molecule has 8 heteroatoms. The molecule has 3 rings (SSSR count). The maximum atomic E-state index is 12.7. The molecular formula is C17H10Br2ClNO3S. The highest BCUT2D eigenvalue weighted by atomic mass is 79.9. The molecule has 0 spiro atoms. The van der Waals surface area contributed by atoms with Crippen molar-refractivity contribution < 1.29 is 14.3 Å². The van der Waals surface area contributed by atoms with Crippen LogP contribution < -0.4 is 9.64 Å². The minimum Gasteiger partial charge on any atom is -0.495 e. The minimum absolute atomic E-state index is 0.313. The zero-order valence-corrected chi connectivity index (χ0v) is 17.5. The first kappa shape index (κ1) is 18.5. The number of imide groups is 1. The lowest BCUT2D eigenvalue weighted by Crippen LogP contribution is -2.27. The van der Waals surface area contributed by atoms with Gasteiger partial charge in [0.15, 0.2) is 0 Å². The Bertz CT molecular complexity index is 917. The van der Waals surface area contributed by atoms with E-state index in [1.807, 2.05) is 12.1 Å². The van der Waals surface area contributed by atoms with Crippen LogP contribution in [0.5, 0.6) is 5.75 Å². The van der Waals surface area contributed by atoms with E-state index in [1.54, 1.807) is 37.5 Å². The van der Waals surface area contributed by atoms with E-state index in [0.29, 0.717) is 26.9 Å². The van der Waals surface area contributed by atoms with E-state index >= 15 is 0 Å². The van der Waals surface area contributed by atoms with Crippen LogP contribution in [0.3, 0.4) is 0 Å². The molecule has 2 aromatic rings. The van der Waals surface area contributed by atoms with E-state index in [9.17, 15) is 9.59 Å². The number of thioether (sulfide) groups is 1. The highest BCUT2D eigenvalue weighted by Crippen LogP contribution is 2.39. The Morgan fingerprint density at radius 2 is 1.96 bits per heavy atom. The second-order valence-electron chi connectivity index (χ2n) is 5.01. The van der Waals surface area contributed by atoms with Gasteiger partial charge in [-0.25, -0.2) is 4.90 Å². The molecule has 1 aliphatic heterocycles. The number of rotatable bonds is 3. The number of benzene rings is 2. The van der Waals surface area contributed by atoms with Crippen LogP contribution in [0.25, 0.3) is 6.08 Å². The Balaban J connectivity index is 2.02. The van der Waals surface area contributed by atoms with Gasteiger partial charge >= 0.3 is 0 Å². The molecule has 0 N–H and O–H groups in total. The Labute approximate surface area is 170 Å². The van der Waals surface area contributed by atoms with Crippen molar-refractivity contribution in [3.63, 3.8) is 0 Å². The number of halogens is 3. The second-order valence-corrected chi connectivity index (χ2v) is 8.21. The van der Waals surface area contributed by atoms with Crippen LogP contribution in [0, 0.1) is 0 Å². The van der Waals surface area contributed by atoms with E-state index < -0.39 is 5.91 Å². The standard InChI is InChI=1S/C17H10Br2ClNO3S/c1-24-15-9(5-10(18)7-13(15)19)6-14-16(22)21(17(23)25-14)12-4-2-3-11(20)8-12/h2-8H,1H3/b14-6-. The number of carbonyl (C=O) groups excluding carboxylic acids is 2. The third-order valence-electron chi connectivity index (χ3n) is 3.39. The van der Waals surface area contributed by atoms with Crippen LogP contribution in [0.1, 0.15) is 5.56 Å². The first-order valence-corrected chi connectivity index (χ1v) is 9.75. The van der Waals surface area contributed by atoms with Gasteiger partial charge in [-0.3, -0.25) is 9.59 Å². The van der Waals surface area contributed by atoms with Crippen molar-refractivity contribution in [1.29, 1.82) is 0 Å². The van der Waals surface area contributed by atoms with Gasteiger partial charge in [0, 0.05) is 15.1 Å². The summed E-state index contributed by atoms with van der Waals surface area (Å²) in [5, 5.41) is 0.0877. The molecule has 0 atom stereocenters. The summed E-state index contributed by atoms with van der Waals surface area (Å²) in [5.41, 5.74) is 1.13. The predicted octanol–water partition coefficient (Wildman–Crippen LogP) is 6.11. The van der Waals surface area contributed by atoms with Gasteiger partial charge in [0.1, 0.15) is 5.75 Å². The van der Waals surface area contributed by atoms with Gasteiger partial charge in [0.2, 0.25) is 0 Å². The lowest BCUT2D eigenvalue weighted by Gasteiger charge is -2.12. The number of hydrogen-bond donors (Lipinski definition) is 0. The highest BCUT2D eigenvalue weighted by Gasteiger charge is 2.36. The van der Waals surface area contributed by atoms with Gasteiger partial charge in [-0.1, -0.05) is 33.6 Å². The van der Waals surface area contributed by atoms with Gasteiger partial charge in [-0.2, -0.15) is 0 Å². The average Bonchev–Trinajstić information content (AvgIpc) is 2.81. The third-order valence-corrected chi connectivity index (χ3v) is 5.54. The van der Waals surface area contributed by atoms with Crippen LogP contribution in [-0.2, 0) is 4.79 Å². The van der Waals surface area contributed by atoms with Crippen molar-refractivity contribution in [1.82, 2.24) is 0 Å². The number of amides is 2. The van der Waals surface area contributed by atoms with E-state index in [2.05, 4.69) is 31.9 Å². The molecular weight excluding hydrogens is 494 g/mol. The van der Waals surface area contributed by atoms with Gasteiger partial charge in [-0.05, 0) is 64.1 Å². The summed E-state index contributed by atoms with van der Waals surface area (Å²) in [7, 11) is 1.54. The van der Waals surface area contributed by atoms with E-state index in [1.165, 1.54) is 0 Å². The van der Waals surface area contributed by atoms with Crippen LogP contribution in [0.4, 0.5) is 10.5 Å². The molecule has 0 unspecified atom stereocenters.